The predicted octanol–water partition coefficient (Wildman–Crippen LogP) is -0.834. The summed E-state index contributed by atoms with van der Waals surface area (Å²) < 4.78 is 11.8. The predicted molar refractivity (Wildman–Crippen MR) is 66.7 cm³/mol. The largest absolute Gasteiger partial charge is 0.468 e. The zero-order chi connectivity index (χ0) is 13.0. The molecule has 2 heterocycles. The summed E-state index contributed by atoms with van der Waals surface area (Å²) in [5.41, 5.74) is 5.32. The Bertz CT molecular complexity index is 454. The quantitative estimate of drug-likeness (QED) is 0.755. The summed E-state index contributed by atoms with van der Waals surface area (Å²) in [5, 5.41) is 0. The Hall–Kier alpha value is -1.60. The van der Waals surface area contributed by atoms with Gasteiger partial charge in [-0.05, 0) is 0 Å². The molecule has 2 rings (SSSR count). The maximum atomic E-state index is 11.8. The smallest absolute Gasteiger partial charge is 0.300 e. The van der Waals surface area contributed by atoms with Crippen molar-refractivity contribution in [1.82, 2.24) is 14.5 Å². The van der Waals surface area contributed by atoms with E-state index in [9.17, 15) is 4.79 Å². The van der Waals surface area contributed by atoms with Crippen LogP contribution < -0.4 is 16.0 Å². The molecule has 0 radical (unpaired) electrons. The highest BCUT2D eigenvalue weighted by Crippen LogP contribution is 2.06. The Kier molecular flexibility index (Phi) is 4.16. The Morgan fingerprint density at radius 1 is 1.44 bits per heavy atom. The first kappa shape index (κ1) is 12.8. The molecule has 1 fully saturated rings. The molecule has 0 spiro atoms. The van der Waals surface area contributed by atoms with Gasteiger partial charge in [-0.15, -0.1) is 0 Å². The van der Waals surface area contributed by atoms with Crippen molar-refractivity contribution in [2.75, 3.05) is 45.7 Å². The molecule has 1 aromatic heterocycles. The third-order valence-corrected chi connectivity index (χ3v) is 2.92. The average Bonchev–Trinajstić information content (AvgIpc) is 2.38. The van der Waals surface area contributed by atoms with Crippen molar-refractivity contribution >= 4 is 5.82 Å². The number of methoxy groups -OCH3 is 1. The van der Waals surface area contributed by atoms with E-state index in [2.05, 4.69) is 9.88 Å². The highest BCUT2D eigenvalue weighted by Gasteiger charge is 2.12. The lowest BCUT2D eigenvalue weighted by atomic mass is 10.4. The number of aromatic nitrogens is 2. The Labute approximate surface area is 105 Å². The van der Waals surface area contributed by atoms with Crippen molar-refractivity contribution in [3.05, 3.63) is 16.4 Å². The van der Waals surface area contributed by atoms with Crippen LogP contribution in [-0.4, -0.2) is 54.4 Å². The SMILES string of the molecule is COc1nc(N)cc(=O)n1CCN1CCOCC1. The Morgan fingerprint density at radius 3 is 2.83 bits per heavy atom. The van der Waals surface area contributed by atoms with Gasteiger partial charge in [-0.25, -0.2) is 0 Å². The fourth-order valence-electron chi connectivity index (χ4n) is 1.93. The highest BCUT2D eigenvalue weighted by molar-refractivity contribution is 5.27. The van der Waals surface area contributed by atoms with E-state index in [1.165, 1.54) is 17.7 Å². The molecule has 0 bridgehead atoms. The first-order valence-electron chi connectivity index (χ1n) is 5.92. The average molecular weight is 254 g/mol. The van der Waals surface area contributed by atoms with Crippen LogP contribution in [-0.2, 0) is 11.3 Å². The van der Waals surface area contributed by atoms with Gasteiger partial charge in [-0.3, -0.25) is 14.3 Å². The van der Waals surface area contributed by atoms with E-state index >= 15 is 0 Å². The van der Waals surface area contributed by atoms with Gasteiger partial charge in [0.2, 0.25) is 0 Å². The van der Waals surface area contributed by atoms with Gasteiger partial charge in [0.05, 0.1) is 20.3 Å². The van der Waals surface area contributed by atoms with Crippen LogP contribution in [0.1, 0.15) is 0 Å². The third-order valence-electron chi connectivity index (χ3n) is 2.92. The molecule has 1 aliphatic heterocycles. The molecule has 0 amide bonds. The number of ether oxygens (including phenoxy) is 2. The minimum Gasteiger partial charge on any atom is -0.468 e. The standard InChI is InChI=1S/C11H18N4O3/c1-17-11-13-9(12)8-10(16)15(11)3-2-14-4-6-18-7-5-14/h8H,2-7,12H2,1H3. The van der Waals surface area contributed by atoms with Crippen LogP contribution in [0.4, 0.5) is 5.82 Å². The molecule has 18 heavy (non-hydrogen) atoms. The van der Waals surface area contributed by atoms with Crippen LogP contribution in [0.5, 0.6) is 6.01 Å². The summed E-state index contributed by atoms with van der Waals surface area (Å²) in [7, 11) is 1.48. The van der Waals surface area contributed by atoms with E-state index in [1.54, 1.807) is 0 Å². The fourth-order valence-corrected chi connectivity index (χ4v) is 1.93. The second-order valence-electron chi connectivity index (χ2n) is 4.11. The monoisotopic (exact) mass is 254 g/mol. The van der Waals surface area contributed by atoms with Crippen molar-refractivity contribution in [2.24, 2.45) is 0 Å². The maximum absolute atomic E-state index is 11.8. The van der Waals surface area contributed by atoms with Gasteiger partial charge in [0.25, 0.3) is 5.56 Å². The number of morpholine rings is 1. The van der Waals surface area contributed by atoms with Gasteiger partial charge in [-0.1, -0.05) is 0 Å². The van der Waals surface area contributed by atoms with Crippen molar-refractivity contribution < 1.29 is 9.47 Å². The summed E-state index contributed by atoms with van der Waals surface area (Å²) in [5.74, 6) is 0.180. The molecule has 0 aromatic carbocycles. The number of nitrogens with two attached hydrogens (primary N) is 1. The first-order chi connectivity index (χ1) is 8.70. The van der Waals surface area contributed by atoms with Crippen molar-refractivity contribution in [3.8, 4) is 6.01 Å². The molecule has 0 atom stereocenters. The Morgan fingerprint density at radius 2 is 2.17 bits per heavy atom. The summed E-state index contributed by atoms with van der Waals surface area (Å²) in [6, 6.07) is 1.57. The molecule has 1 aliphatic rings. The topological polar surface area (TPSA) is 82.6 Å². The highest BCUT2D eigenvalue weighted by atomic mass is 16.5. The summed E-state index contributed by atoms with van der Waals surface area (Å²) >= 11 is 0. The lowest BCUT2D eigenvalue weighted by Crippen LogP contribution is -2.39. The number of hydrogen-bond donors (Lipinski definition) is 1. The first-order valence-corrected chi connectivity index (χ1v) is 5.92. The number of hydrogen-bond acceptors (Lipinski definition) is 6. The molecule has 1 saturated heterocycles. The molecule has 7 heteroatoms. The van der Waals surface area contributed by atoms with Gasteiger partial charge in [-0.2, -0.15) is 4.98 Å². The molecule has 2 N–H and O–H groups in total. The lowest BCUT2D eigenvalue weighted by Gasteiger charge is -2.26. The molecule has 0 unspecified atom stereocenters. The van der Waals surface area contributed by atoms with Crippen LogP contribution in [0.25, 0.3) is 0 Å². The second kappa shape index (κ2) is 5.83. The van der Waals surface area contributed by atoms with Crippen molar-refractivity contribution in [1.29, 1.82) is 0 Å². The fraction of sp³-hybridized carbons (Fsp3) is 0.636. The van der Waals surface area contributed by atoms with E-state index in [-0.39, 0.29) is 17.4 Å². The molecule has 7 nitrogen and oxygen atoms in total. The van der Waals surface area contributed by atoms with E-state index in [0.29, 0.717) is 6.54 Å². The van der Waals surface area contributed by atoms with E-state index in [1.807, 2.05) is 0 Å². The van der Waals surface area contributed by atoms with Gasteiger partial charge in [0, 0.05) is 32.2 Å². The van der Waals surface area contributed by atoms with E-state index < -0.39 is 0 Å². The molecule has 1 aromatic rings. The second-order valence-corrected chi connectivity index (χ2v) is 4.11. The van der Waals surface area contributed by atoms with Crippen LogP contribution in [0.2, 0.25) is 0 Å². The van der Waals surface area contributed by atoms with Gasteiger partial charge >= 0.3 is 6.01 Å². The Balaban J connectivity index is 2.06. The summed E-state index contributed by atoms with van der Waals surface area (Å²) in [4.78, 5) is 18.0. The van der Waals surface area contributed by atoms with E-state index in [0.717, 1.165) is 32.8 Å². The molecular formula is C11H18N4O3. The van der Waals surface area contributed by atoms with E-state index in [4.69, 9.17) is 15.2 Å². The van der Waals surface area contributed by atoms with Gasteiger partial charge in [0.15, 0.2) is 0 Å². The normalized spacial score (nSPS) is 16.7. The molecule has 0 aliphatic carbocycles. The number of nitrogens with zero attached hydrogens (tertiary/aromatic N) is 3. The van der Waals surface area contributed by atoms with Crippen LogP contribution in [0.3, 0.4) is 0 Å². The zero-order valence-electron chi connectivity index (χ0n) is 10.5. The third kappa shape index (κ3) is 2.99. The van der Waals surface area contributed by atoms with Crippen molar-refractivity contribution in [3.63, 3.8) is 0 Å². The lowest BCUT2D eigenvalue weighted by molar-refractivity contribution is 0.0359. The molecule has 0 saturated carbocycles. The zero-order valence-corrected chi connectivity index (χ0v) is 10.5. The molecular weight excluding hydrogens is 236 g/mol. The minimum absolute atomic E-state index is 0.180. The van der Waals surface area contributed by atoms with Crippen LogP contribution in [0, 0.1) is 0 Å². The van der Waals surface area contributed by atoms with Gasteiger partial charge < -0.3 is 15.2 Å². The van der Waals surface area contributed by atoms with Gasteiger partial charge in [0.1, 0.15) is 5.82 Å². The molecule has 100 valence electrons. The minimum atomic E-state index is -0.187. The number of anilines is 1. The van der Waals surface area contributed by atoms with Crippen LogP contribution in [0.15, 0.2) is 10.9 Å². The van der Waals surface area contributed by atoms with Crippen LogP contribution >= 0.6 is 0 Å². The number of rotatable bonds is 4. The number of nitrogen functional groups attached to an aromatic ring is 1. The van der Waals surface area contributed by atoms with Crippen molar-refractivity contribution in [2.45, 2.75) is 6.54 Å². The summed E-state index contributed by atoms with van der Waals surface area (Å²) in [6.45, 7) is 4.57. The maximum Gasteiger partial charge on any atom is 0.300 e. The summed E-state index contributed by atoms with van der Waals surface area (Å²) in [6.07, 6.45) is 0.